The highest BCUT2D eigenvalue weighted by atomic mass is 16.2. The summed E-state index contributed by atoms with van der Waals surface area (Å²) in [4.78, 5) is 22.7. The van der Waals surface area contributed by atoms with Gasteiger partial charge >= 0.3 is 0 Å². The van der Waals surface area contributed by atoms with Gasteiger partial charge in [0, 0.05) is 19.6 Å². The zero-order chi connectivity index (χ0) is 13.5. The average molecular weight is 253 g/mol. The van der Waals surface area contributed by atoms with E-state index in [0.717, 1.165) is 19.4 Å². The van der Waals surface area contributed by atoms with Gasteiger partial charge in [0.05, 0.1) is 0 Å². The third kappa shape index (κ3) is 3.84. The van der Waals surface area contributed by atoms with Gasteiger partial charge in [0.2, 0.25) is 0 Å². The van der Waals surface area contributed by atoms with Gasteiger partial charge in [0.1, 0.15) is 11.4 Å². The molecule has 0 aliphatic rings. The summed E-state index contributed by atoms with van der Waals surface area (Å²) in [6.07, 6.45) is 3.32. The van der Waals surface area contributed by atoms with E-state index in [4.69, 9.17) is 5.73 Å². The Morgan fingerprint density at radius 2 is 1.56 bits per heavy atom. The van der Waals surface area contributed by atoms with E-state index in [9.17, 15) is 9.59 Å². The summed E-state index contributed by atoms with van der Waals surface area (Å²) in [6, 6.07) is 0. The second-order valence-corrected chi connectivity index (χ2v) is 4.94. The van der Waals surface area contributed by atoms with Crippen LogP contribution in [0.3, 0.4) is 0 Å². The Morgan fingerprint density at radius 1 is 1.00 bits per heavy atom. The highest BCUT2D eigenvalue weighted by molar-refractivity contribution is 5.73. The predicted molar refractivity (Wildman–Crippen MR) is 76.1 cm³/mol. The molecule has 0 atom stereocenters. The van der Waals surface area contributed by atoms with Crippen LogP contribution in [0, 0.1) is 5.92 Å². The van der Waals surface area contributed by atoms with Crippen molar-refractivity contribution in [3.63, 3.8) is 0 Å². The fraction of sp³-hybridized carbons (Fsp3) is 0.692. The fourth-order valence-corrected chi connectivity index (χ4v) is 1.82. The molecule has 0 fully saturated rings. The number of hydrogen-bond acceptors (Lipinski definition) is 5. The molecule has 4 N–H and O–H groups in total. The number of unbranched alkanes of at least 4 members (excludes halogenated alkanes) is 1. The van der Waals surface area contributed by atoms with Crippen molar-refractivity contribution in [1.82, 2.24) is 0 Å². The number of rotatable bonds is 9. The molecule has 0 aliphatic heterocycles. The molecule has 0 saturated heterocycles. The summed E-state index contributed by atoms with van der Waals surface area (Å²) in [7, 11) is 0. The van der Waals surface area contributed by atoms with Gasteiger partial charge in [0.15, 0.2) is 0 Å². The van der Waals surface area contributed by atoms with E-state index in [0.29, 0.717) is 30.4 Å². The molecule has 18 heavy (non-hydrogen) atoms. The Morgan fingerprint density at radius 3 is 2.06 bits per heavy atom. The van der Waals surface area contributed by atoms with Crippen molar-refractivity contribution < 1.29 is 0 Å². The third-order valence-electron chi connectivity index (χ3n) is 2.87. The molecule has 5 nitrogen and oxygen atoms in total. The maximum atomic E-state index is 11.4. The summed E-state index contributed by atoms with van der Waals surface area (Å²) < 4.78 is 0. The average Bonchev–Trinajstić information content (AvgIpc) is 2.35. The van der Waals surface area contributed by atoms with Gasteiger partial charge < -0.3 is 16.4 Å². The minimum atomic E-state index is -0.437. The smallest absolute Gasteiger partial charge is 0.253 e. The number of anilines is 2. The zero-order valence-corrected chi connectivity index (χ0v) is 11.2. The monoisotopic (exact) mass is 253 g/mol. The molecule has 0 amide bonds. The van der Waals surface area contributed by atoms with Crippen molar-refractivity contribution in [2.75, 3.05) is 30.3 Å². The molecule has 1 rings (SSSR count). The van der Waals surface area contributed by atoms with Crippen molar-refractivity contribution >= 4 is 11.4 Å². The molecule has 5 heteroatoms. The molecular weight excluding hydrogens is 230 g/mol. The van der Waals surface area contributed by atoms with Crippen LogP contribution in [0.4, 0.5) is 11.4 Å². The lowest BCUT2D eigenvalue weighted by molar-refractivity contribution is 0.544. The first-order valence-electron chi connectivity index (χ1n) is 6.59. The normalized spacial score (nSPS) is 11.1. The highest BCUT2D eigenvalue weighted by Gasteiger charge is 2.19. The molecule has 1 aromatic rings. The maximum absolute atomic E-state index is 11.4. The Balaban J connectivity index is 2.36. The first-order valence-corrected chi connectivity index (χ1v) is 6.59. The van der Waals surface area contributed by atoms with Gasteiger partial charge in [-0.15, -0.1) is 0 Å². The SMILES string of the molecule is CC(C)CCCCNc1c(NCCN)c(=O)c1=O. The Hall–Kier alpha value is -1.36. The van der Waals surface area contributed by atoms with Gasteiger partial charge in [-0.2, -0.15) is 0 Å². The van der Waals surface area contributed by atoms with Gasteiger partial charge in [-0.1, -0.05) is 26.7 Å². The lowest BCUT2D eigenvalue weighted by Gasteiger charge is -2.14. The summed E-state index contributed by atoms with van der Waals surface area (Å²) in [5, 5.41) is 5.92. The van der Waals surface area contributed by atoms with E-state index >= 15 is 0 Å². The highest BCUT2D eigenvalue weighted by Crippen LogP contribution is 2.14. The summed E-state index contributed by atoms with van der Waals surface area (Å²) in [5.41, 5.74) is 5.32. The second kappa shape index (κ2) is 7.16. The molecule has 0 aliphatic carbocycles. The van der Waals surface area contributed by atoms with Gasteiger partial charge in [-0.25, -0.2) is 0 Å². The van der Waals surface area contributed by atoms with Crippen LogP contribution in [-0.4, -0.2) is 19.6 Å². The van der Waals surface area contributed by atoms with Gasteiger partial charge in [0.25, 0.3) is 10.9 Å². The van der Waals surface area contributed by atoms with E-state index in [1.54, 1.807) is 0 Å². The Bertz CT molecular complexity index is 433. The topological polar surface area (TPSA) is 84.2 Å². The molecule has 0 aromatic heterocycles. The lowest BCUT2D eigenvalue weighted by atomic mass is 10.1. The van der Waals surface area contributed by atoms with E-state index < -0.39 is 10.9 Å². The van der Waals surface area contributed by atoms with Crippen LogP contribution in [0.15, 0.2) is 9.59 Å². The van der Waals surface area contributed by atoms with E-state index in [1.165, 1.54) is 6.42 Å². The molecule has 102 valence electrons. The Kier molecular flexibility index (Phi) is 5.85. The van der Waals surface area contributed by atoms with Crippen molar-refractivity contribution in [1.29, 1.82) is 0 Å². The largest absolute Gasteiger partial charge is 0.380 e. The zero-order valence-electron chi connectivity index (χ0n) is 11.2. The first kappa shape index (κ1) is 14.7. The van der Waals surface area contributed by atoms with Crippen molar-refractivity contribution in [3.05, 3.63) is 20.4 Å². The third-order valence-corrected chi connectivity index (χ3v) is 2.87. The first-order chi connectivity index (χ1) is 8.57. The van der Waals surface area contributed by atoms with Crippen molar-refractivity contribution in [2.45, 2.75) is 33.1 Å². The molecule has 0 saturated carbocycles. The van der Waals surface area contributed by atoms with E-state index in [-0.39, 0.29) is 0 Å². The van der Waals surface area contributed by atoms with Gasteiger partial charge in [-0.05, 0) is 12.3 Å². The number of hydrogen-bond donors (Lipinski definition) is 3. The molecule has 0 spiro atoms. The van der Waals surface area contributed by atoms with Crippen LogP contribution in [0.5, 0.6) is 0 Å². The minimum absolute atomic E-state index is 0.398. The fourth-order valence-electron chi connectivity index (χ4n) is 1.82. The van der Waals surface area contributed by atoms with Crippen LogP contribution in [0.1, 0.15) is 33.1 Å². The van der Waals surface area contributed by atoms with E-state index in [2.05, 4.69) is 24.5 Å². The van der Waals surface area contributed by atoms with Crippen LogP contribution in [0.2, 0.25) is 0 Å². The van der Waals surface area contributed by atoms with Gasteiger partial charge in [-0.3, -0.25) is 9.59 Å². The standard InChI is InChI=1S/C13H23N3O2/c1-9(2)5-3-4-7-15-10-11(16-8-6-14)13(18)12(10)17/h9,15-16H,3-8,14H2,1-2H3. The molecule has 1 aromatic carbocycles. The molecule has 0 heterocycles. The summed E-state index contributed by atoms with van der Waals surface area (Å²) in [5.74, 6) is 0.706. The van der Waals surface area contributed by atoms with Crippen LogP contribution in [0.25, 0.3) is 0 Å². The predicted octanol–water partition coefficient (Wildman–Crippen LogP) is 0.891. The number of nitrogens with one attached hydrogen (secondary N) is 2. The second-order valence-electron chi connectivity index (χ2n) is 4.94. The molecule has 0 unspecified atom stereocenters. The van der Waals surface area contributed by atoms with Crippen molar-refractivity contribution in [3.8, 4) is 0 Å². The van der Waals surface area contributed by atoms with Crippen LogP contribution >= 0.6 is 0 Å². The van der Waals surface area contributed by atoms with Crippen molar-refractivity contribution in [2.24, 2.45) is 11.7 Å². The van der Waals surface area contributed by atoms with E-state index in [1.807, 2.05) is 0 Å². The lowest BCUT2D eigenvalue weighted by Crippen LogP contribution is -2.38. The number of nitrogens with two attached hydrogens (primary N) is 1. The molecule has 0 radical (unpaired) electrons. The Labute approximate surface area is 107 Å². The summed E-state index contributed by atoms with van der Waals surface area (Å²) >= 11 is 0. The molecule has 0 bridgehead atoms. The van der Waals surface area contributed by atoms with Crippen LogP contribution < -0.4 is 27.2 Å². The minimum Gasteiger partial charge on any atom is -0.380 e. The molecular formula is C13H23N3O2. The quantitative estimate of drug-likeness (QED) is 0.449. The summed E-state index contributed by atoms with van der Waals surface area (Å²) in [6.45, 7) is 6.06. The van der Waals surface area contributed by atoms with Crippen LogP contribution in [-0.2, 0) is 0 Å². The maximum Gasteiger partial charge on any atom is 0.253 e.